The molecule has 0 bridgehead atoms. The van der Waals surface area contributed by atoms with E-state index >= 15 is 0 Å². The van der Waals surface area contributed by atoms with Crippen LogP contribution in [0.2, 0.25) is 0 Å². The molecule has 0 amide bonds. The number of anilines is 1. The van der Waals surface area contributed by atoms with Gasteiger partial charge in [0.25, 0.3) is 5.69 Å². The Morgan fingerprint density at radius 1 is 1.48 bits per heavy atom. The number of carboxylic acid groups (broad SMARTS) is 1. The van der Waals surface area contributed by atoms with Crippen molar-refractivity contribution in [3.8, 4) is 0 Å². The van der Waals surface area contributed by atoms with Crippen molar-refractivity contribution in [1.82, 2.24) is 0 Å². The Balaban J connectivity index is 3.02. The first kappa shape index (κ1) is 16.9. The van der Waals surface area contributed by atoms with Crippen LogP contribution in [0, 0.1) is 10.1 Å². The maximum absolute atomic E-state index is 11.8. The molecule has 0 saturated heterocycles. The average molecular weight is 318 g/mol. The average Bonchev–Trinajstić information content (AvgIpc) is 2.38. The molecule has 1 aromatic rings. The molecule has 10 heteroatoms. The smallest absolute Gasteiger partial charge is 0.335 e. The van der Waals surface area contributed by atoms with Crippen LogP contribution in [0.5, 0.6) is 0 Å². The van der Waals surface area contributed by atoms with E-state index in [1.54, 1.807) is 0 Å². The highest BCUT2D eigenvalue weighted by molar-refractivity contribution is 7.92. The van der Waals surface area contributed by atoms with Gasteiger partial charge in [-0.05, 0) is 18.6 Å². The molecule has 9 nitrogen and oxygen atoms in total. The number of nitrogens with zero attached hydrogens (tertiary/aromatic N) is 1. The van der Waals surface area contributed by atoms with Crippen molar-refractivity contribution < 1.29 is 28.0 Å². The van der Waals surface area contributed by atoms with Crippen molar-refractivity contribution in [1.29, 1.82) is 0 Å². The van der Waals surface area contributed by atoms with E-state index in [0.717, 1.165) is 18.2 Å². The van der Waals surface area contributed by atoms with Crippen LogP contribution in [0.4, 0.5) is 11.4 Å². The Labute approximate surface area is 120 Å². The highest BCUT2D eigenvalue weighted by atomic mass is 32.2. The number of sulfonamides is 1. The monoisotopic (exact) mass is 318 g/mol. The number of rotatable bonds is 8. The lowest BCUT2D eigenvalue weighted by Gasteiger charge is -2.08. The Kier molecular flexibility index (Phi) is 5.61. The van der Waals surface area contributed by atoms with E-state index < -0.39 is 26.6 Å². The minimum atomic E-state index is -3.78. The molecule has 0 saturated carbocycles. The summed E-state index contributed by atoms with van der Waals surface area (Å²) in [5.74, 6) is -1.61. The summed E-state index contributed by atoms with van der Waals surface area (Å²) in [4.78, 5) is 20.8. The first-order chi connectivity index (χ1) is 9.76. The number of ether oxygens (including phenoxy) is 1. The van der Waals surface area contributed by atoms with Crippen molar-refractivity contribution in [2.45, 2.75) is 6.42 Å². The Morgan fingerprint density at radius 2 is 2.14 bits per heavy atom. The molecule has 0 heterocycles. The van der Waals surface area contributed by atoms with Crippen LogP contribution in [-0.2, 0) is 14.8 Å². The minimum absolute atomic E-state index is 0.229. The van der Waals surface area contributed by atoms with Gasteiger partial charge in [0.1, 0.15) is 5.69 Å². The fourth-order valence-electron chi connectivity index (χ4n) is 1.51. The fraction of sp³-hybridized carbons (Fsp3) is 0.364. The van der Waals surface area contributed by atoms with E-state index in [1.165, 1.54) is 7.11 Å². The van der Waals surface area contributed by atoms with Crippen LogP contribution in [0.15, 0.2) is 18.2 Å². The van der Waals surface area contributed by atoms with E-state index in [9.17, 15) is 23.3 Å². The molecule has 0 unspecified atom stereocenters. The van der Waals surface area contributed by atoms with Crippen LogP contribution in [0.1, 0.15) is 16.8 Å². The second-order valence-corrected chi connectivity index (χ2v) is 5.90. The number of hydrogen-bond donors (Lipinski definition) is 2. The second-order valence-electron chi connectivity index (χ2n) is 4.06. The van der Waals surface area contributed by atoms with E-state index in [4.69, 9.17) is 9.84 Å². The number of carboxylic acids is 1. The first-order valence-corrected chi connectivity index (χ1v) is 7.43. The third kappa shape index (κ3) is 5.00. The molecule has 0 aromatic heterocycles. The molecule has 21 heavy (non-hydrogen) atoms. The molecular weight excluding hydrogens is 304 g/mol. The predicted molar refractivity (Wildman–Crippen MR) is 74.0 cm³/mol. The standard InChI is InChI=1S/C11H14N2O7S/c1-20-5-2-6-21(18,19)12-9-4-3-8(11(14)15)7-10(9)13(16)17/h3-4,7,12H,2,5-6H2,1H3,(H,14,15). The summed E-state index contributed by atoms with van der Waals surface area (Å²) in [7, 11) is -2.35. The van der Waals surface area contributed by atoms with Gasteiger partial charge in [-0.25, -0.2) is 13.2 Å². The molecule has 1 aromatic carbocycles. The van der Waals surface area contributed by atoms with E-state index in [-0.39, 0.29) is 30.0 Å². The fourth-order valence-corrected chi connectivity index (χ4v) is 2.62. The van der Waals surface area contributed by atoms with Gasteiger partial charge >= 0.3 is 5.97 Å². The van der Waals surface area contributed by atoms with E-state index in [2.05, 4.69) is 4.72 Å². The zero-order chi connectivity index (χ0) is 16.0. The molecule has 0 aliphatic rings. The second kappa shape index (κ2) is 6.99. The topological polar surface area (TPSA) is 136 Å². The molecule has 0 fully saturated rings. The van der Waals surface area contributed by atoms with Crippen molar-refractivity contribution in [2.75, 3.05) is 24.2 Å². The number of hydrogen-bond acceptors (Lipinski definition) is 6. The molecule has 0 spiro atoms. The van der Waals surface area contributed by atoms with Crippen LogP contribution >= 0.6 is 0 Å². The number of methoxy groups -OCH3 is 1. The third-order valence-corrected chi connectivity index (χ3v) is 3.83. The van der Waals surface area contributed by atoms with Gasteiger partial charge in [-0.15, -0.1) is 0 Å². The van der Waals surface area contributed by atoms with Crippen molar-refractivity contribution >= 4 is 27.4 Å². The van der Waals surface area contributed by atoms with Gasteiger partial charge < -0.3 is 9.84 Å². The highest BCUT2D eigenvalue weighted by Gasteiger charge is 2.21. The Hall–Kier alpha value is -2.20. The Bertz CT molecular complexity index is 642. The number of nitrogens with one attached hydrogen (secondary N) is 1. The number of nitro benzene ring substituents is 1. The predicted octanol–water partition coefficient (Wildman–Crippen LogP) is 1.07. The molecule has 2 N–H and O–H groups in total. The first-order valence-electron chi connectivity index (χ1n) is 5.78. The SMILES string of the molecule is COCCCS(=O)(=O)Nc1ccc(C(=O)O)cc1[N+](=O)[O-]. The largest absolute Gasteiger partial charge is 0.478 e. The lowest BCUT2D eigenvalue weighted by molar-refractivity contribution is -0.383. The molecule has 0 aliphatic carbocycles. The summed E-state index contributed by atoms with van der Waals surface area (Å²) in [6.07, 6.45) is 0.229. The van der Waals surface area contributed by atoms with Gasteiger partial charge in [-0.1, -0.05) is 0 Å². The molecule has 116 valence electrons. The van der Waals surface area contributed by atoms with E-state index in [1.807, 2.05) is 0 Å². The molecule has 0 atom stereocenters. The summed E-state index contributed by atoms with van der Waals surface area (Å²) >= 11 is 0. The zero-order valence-electron chi connectivity index (χ0n) is 11.1. The van der Waals surface area contributed by atoms with Gasteiger partial charge in [0.05, 0.1) is 16.2 Å². The summed E-state index contributed by atoms with van der Waals surface area (Å²) in [6, 6.07) is 2.94. The van der Waals surface area contributed by atoms with Crippen molar-refractivity contribution in [2.24, 2.45) is 0 Å². The summed E-state index contributed by atoms with van der Waals surface area (Å²) < 4.78 is 30.3. The zero-order valence-corrected chi connectivity index (χ0v) is 11.9. The van der Waals surface area contributed by atoms with E-state index in [0.29, 0.717) is 0 Å². The summed E-state index contributed by atoms with van der Waals surface area (Å²) in [5, 5.41) is 19.7. The number of nitro groups is 1. The van der Waals surface area contributed by atoms with Gasteiger partial charge in [0.15, 0.2) is 0 Å². The molecule has 0 aliphatic heterocycles. The van der Waals surface area contributed by atoms with Crippen LogP contribution in [-0.4, -0.2) is 43.9 Å². The van der Waals surface area contributed by atoms with Gasteiger partial charge in [-0.3, -0.25) is 14.8 Å². The maximum Gasteiger partial charge on any atom is 0.335 e. The van der Waals surface area contributed by atoms with Crippen molar-refractivity contribution in [3.05, 3.63) is 33.9 Å². The minimum Gasteiger partial charge on any atom is -0.478 e. The third-order valence-electron chi connectivity index (χ3n) is 2.47. The lowest BCUT2D eigenvalue weighted by atomic mass is 10.2. The molecule has 0 radical (unpaired) electrons. The van der Waals surface area contributed by atoms with Gasteiger partial charge in [0.2, 0.25) is 10.0 Å². The summed E-state index contributed by atoms with van der Waals surface area (Å²) in [5.41, 5.74) is -1.20. The molecule has 1 rings (SSSR count). The summed E-state index contributed by atoms with van der Waals surface area (Å²) in [6.45, 7) is 0.237. The van der Waals surface area contributed by atoms with Crippen LogP contribution in [0.25, 0.3) is 0 Å². The lowest BCUT2D eigenvalue weighted by Crippen LogP contribution is -2.18. The van der Waals surface area contributed by atoms with Crippen LogP contribution in [0.3, 0.4) is 0 Å². The van der Waals surface area contributed by atoms with Gasteiger partial charge in [-0.2, -0.15) is 0 Å². The number of benzene rings is 1. The Morgan fingerprint density at radius 3 is 2.67 bits per heavy atom. The van der Waals surface area contributed by atoms with Gasteiger partial charge in [0, 0.05) is 19.8 Å². The normalized spacial score (nSPS) is 11.1. The number of carbonyl (C=O) groups is 1. The highest BCUT2D eigenvalue weighted by Crippen LogP contribution is 2.26. The number of aromatic carboxylic acids is 1. The van der Waals surface area contributed by atoms with Crippen molar-refractivity contribution in [3.63, 3.8) is 0 Å². The van der Waals surface area contributed by atoms with Crippen LogP contribution < -0.4 is 4.72 Å². The molecular formula is C11H14N2O7S. The maximum atomic E-state index is 11.8. The quantitative estimate of drug-likeness (QED) is 0.415.